The molecule has 16 heavy (non-hydrogen) atoms. The quantitative estimate of drug-likeness (QED) is 0.710. The Morgan fingerprint density at radius 1 is 1.25 bits per heavy atom. The predicted molar refractivity (Wildman–Crippen MR) is 60.9 cm³/mol. The molecule has 0 radical (unpaired) electrons. The molecule has 0 aromatic carbocycles. The van der Waals surface area contributed by atoms with Gasteiger partial charge in [0.05, 0.1) is 24.2 Å². The first-order valence-corrected chi connectivity index (χ1v) is 5.74. The zero-order chi connectivity index (χ0) is 11.1. The van der Waals surface area contributed by atoms with Crippen LogP contribution < -0.4 is 10.6 Å². The molecule has 1 aromatic rings. The van der Waals surface area contributed by atoms with E-state index in [2.05, 4.69) is 14.9 Å². The van der Waals surface area contributed by atoms with Gasteiger partial charge in [0.15, 0.2) is 0 Å². The first-order valence-electron chi connectivity index (χ1n) is 5.74. The molecule has 3 unspecified atom stereocenters. The number of nitrogens with two attached hydrogens (primary N) is 1. The van der Waals surface area contributed by atoms with Crippen molar-refractivity contribution in [1.82, 2.24) is 9.97 Å². The normalized spacial score (nSPS) is 33.1. The van der Waals surface area contributed by atoms with Crippen LogP contribution in [0, 0.1) is 11.8 Å². The zero-order valence-electron chi connectivity index (χ0n) is 9.08. The molecule has 86 valence electrons. The van der Waals surface area contributed by atoms with E-state index in [1.54, 1.807) is 12.4 Å². The second kappa shape index (κ2) is 3.59. The van der Waals surface area contributed by atoms with Gasteiger partial charge < -0.3 is 15.7 Å². The second-order valence-electron chi connectivity index (χ2n) is 4.79. The maximum atomic E-state index is 9.82. The molecule has 1 aromatic heterocycles. The Bertz CT molecular complexity index is 380. The molecular formula is C11H16N4O. The highest BCUT2D eigenvalue weighted by Crippen LogP contribution is 2.38. The van der Waals surface area contributed by atoms with E-state index in [0.717, 1.165) is 31.9 Å². The third kappa shape index (κ3) is 1.51. The Balaban J connectivity index is 1.76. The van der Waals surface area contributed by atoms with Gasteiger partial charge in [-0.3, -0.25) is 0 Å². The topological polar surface area (TPSA) is 75.3 Å². The number of aliphatic hydroxyl groups excluding tert-OH is 1. The lowest BCUT2D eigenvalue weighted by molar-refractivity contribution is 0.133. The van der Waals surface area contributed by atoms with E-state index >= 15 is 0 Å². The molecule has 3 rings (SSSR count). The number of aromatic nitrogens is 2. The number of rotatable bonds is 1. The van der Waals surface area contributed by atoms with Crippen molar-refractivity contribution in [3.8, 4) is 0 Å². The highest BCUT2D eigenvalue weighted by atomic mass is 16.3. The molecule has 0 spiro atoms. The Hall–Kier alpha value is -1.36. The monoisotopic (exact) mass is 220 g/mol. The van der Waals surface area contributed by atoms with Crippen molar-refractivity contribution in [3.63, 3.8) is 0 Å². The number of hydrogen-bond donors (Lipinski definition) is 2. The Morgan fingerprint density at radius 3 is 2.69 bits per heavy atom. The average molecular weight is 220 g/mol. The van der Waals surface area contributed by atoms with Crippen LogP contribution in [-0.4, -0.2) is 34.3 Å². The summed E-state index contributed by atoms with van der Waals surface area (Å²) in [6, 6.07) is 0. The lowest BCUT2D eigenvalue weighted by atomic mass is 10.00. The maximum Gasteiger partial charge on any atom is 0.225 e. The van der Waals surface area contributed by atoms with Gasteiger partial charge in [-0.15, -0.1) is 0 Å². The minimum atomic E-state index is -0.135. The van der Waals surface area contributed by atoms with Crippen LogP contribution in [0.3, 0.4) is 0 Å². The number of fused-ring (bicyclic) bond motifs is 1. The van der Waals surface area contributed by atoms with E-state index in [4.69, 9.17) is 5.73 Å². The number of anilines is 2. The summed E-state index contributed by atoms with van der Waals surface area (Å²) in [6.45, 7) is 1.83. The van der Waals surface area contributed by atoms with E-state index in [1.165, 1.54) is 0 Å². The fraction of sp³-hybridized carbons (Fsp3) is 0.636. The summed E-state index contributed by atoms with van der Waals surface area (Å²) in [4.78, 5) is 10.6. The molecule has 2 heterocycles. The summed E-state index contributed by atoms with van der Waals surface area (Å²) in [7, 11) is 0. The van der Waals surface area contributed by atoms with Gasteiger partial charge >= 0.3 is 0 Å². The molecule has 1 saturated heterocycles. The standard InChI is InChI=1S/C11H16N4O/c12-8-3-13-11(14-4-8)15-5-7-1-2-10(16)9(7)6-15/h3-4,7,9-10,16H,1-2,5-6,12H2. The molecule has 2 aliphatic rings. The zero-order valence-corrected chi connectivity index (χ0v) is 9.08. The molecule has 1 aliphatic carbocycles. The third-order valence-corrected chi connectivity index (χ3v) is 3.76. The summed E-state index contributed by atoms with van der Waals surface area (Å²) in [5.41, 5.74) is 6.14. The van der Waals surface area contributed by atoms with Gasteiger partial charge in [0.25, 0.3) is 0 Å². The summed E-state index contributed by atoms with van der Waals surface area (Å²) in [5, 5.41) is 9.82. The highest BCUT2D eigenvalue weighted by Gasteiger charge is 2.42. The van der Waals surface area contributed by atoms with Crippen LogP contribution in [0.5, 0.6) is 0 Å². The smallest absolute Gasteiger partial charge is 0.225 e. The predicted octanol–water partition coefficient (Wildman–Crippen LogP) is 0.266. The minimum Gasteiger partial charge on any atom is -0.396 e. The molecule has 3 atom stereocenters. The summed E-state index contributed by atoms with van der Waals surface area (Å²) >= 11 is 0. The molecule has 0 bridgehead atoms. The van der Waals surface area contributed by atoms with E-state index in [-0.39, 0.29) is 6.10 Å². The van der Waals surface area contributed by atoms with Gasteiger partial charge in [-0.1, -0.05) is 0 Å². The average Bonchev–Trinajstić information content (AvgIpc) is 2.83. The largest absolute Gasteiger partial charge is 0.396 e. The fourth-order valence-corrected chi connectivity index (χ4v) is 2.89. The van der Waals surface area contributed by atoms with Gasteiger partial charge in [0, 0.05) is 19.0 Å². The first-order chi connectivity index (χ1) is 7.74. The van der Waals surface area contributed by atoms with Crippen molar-refractivity contribution in [1.29, 1.82) is 0 Å². The van der Waals surface area contributed by atoms with Crippen molar-refractivity contribution in [2.24, 2.45) is 11.8 Å². The van der Waals surface area contributed by atoms with Crippen LogP contribution in [0.4, 0.5) is 11.6 Å². The number of hydrogen-bond acceptors (Lipinski definition) is 5. The van der Waals surface area contributed by atoms with Gasteiger partial charge in [0.2, 0.25) is 5.95 Å². The summed E-state index contributed by atoms with van der Waals surface area (Å²) < 4.78 is 0. The molecule has 1 saturated carbocycles. The SMILES string of the molecule is Nc1cnc(N2CC3CCC(O)C3C2)nc1. The molecule has 3 N–H and O–H groups in total. The van der Waals surface area contributed by atoms with Crippen molar-refractivity contribution >= 4 is 11.6 Å². The van der Waals surface area contributed by atoms with Crippen LogP contribution in [-0.2, 0) is 0 Å². The Kier molecular flexibility index (Phi) is 2.21. The Labute approximate surface area is 94.3 Å². The van der Waals surface area contributed by atoms with E-state index < -0.39 is 0 Å². The molecular weight excluding hydrogens is 204 g/mol. The molecule has 5 nitrogen and oxygen atoms in total. The van der Waals surface area contributed by atoms with Gasteiger partial charge in [0.1, 0.15) is 0 Å². The Morgan fingerprint density at radius 2 is 2.00 bits per heavy atom. The van der Waals surface area contributed by atoms with Crippen LogP contribution in [0.25, 0.3) is 0 Å². The minimum absolute atomic E-state index is 0.135. The second-order valence-corrected chi connectivity index (χ2v) is 4.79. The van der Waals surface area contributed by atoms with Crippen molar-refractivity contribution in [2.75, 3.05) is 23.7 Å². The van der Waals surface area contributed by atoms with E-state index in [9.17, 15) is 5.11 Å². The van der Waals surface area contributed by atoms with Crippen LogP contribution >= 0.6 is 0 Å². The maximum absolute atomic E-state index is 9.82. The molecule has 2 fully saturated rings. The van der Waals surface area contributed by atoms with Gasteiger partial charge in [-0.25, -0.2) is 9.97 Å². The number of aliphatic hydroxyl groups is 1. The third-order valence-electron chi connectivity index (χ3n) is 3.76. The van der Waals surface area contributed by atoms with E-state index in [0.29, 0.717) is 17.5 Å². The summed E-state index contributed by atoms with van der Waals surface area (Å²) in [6.07, 6.45) is 5.20. The van der Waals surface area contributed by atoms with Crippen molar-refractivity contribution in [2.45, 2.75) is 18.9 Å². The van der Waals surface area contributed by atoms with Crippen LogP contribution in [0.2, 0.25) is 0 Å². The molecule has 1 aliphatic heterocycles. The molecule has 0 amide bonds. The lowest BCUT2D eigenvalue weighted by Gasteiger charge is -2.17. The highest BCUT2D eigenvalue weighted by molar-refractivity contribution is 5.39. The van der Waals surface area contributed by atoms with Crippen LogP contribution in [0.15, 0.2) is 12.4 Å². The first kappa shape index (κ1) is 9.84. The fourth-order valence-electron chi connectivity index (χ4n) is 2.89. The van der Waals surface area contributed by atoms with Crippen molar-refractivity contribution in [3.05, 3.63) is 12.4 Å². The summed E-state index contributed by atoms with van der Waals surface area (Å²) in [5.74, 6) is 1.74. The van der Waals surface area contributed by atoms with Gasteiger partial charge in [-0.2, -0.15) is 0 Å². The van der Waals surface area contributed by atoms with E-state index in [1.807, 2.05) is 0 Å². The number of nitrogens with zero attached hydrogens (tertiary/aromatic N) is 3. The molecule has 5 heteroatoms. The van der Waals surface area contributed by atoms with Crippen molar-refractivity contribution < 1.29 is 5.11 Å². The number of nitrogen functional groups attached to an aromatic ring is 1. The van der Waals surface area contributed by atoms with Gasteiger partial charge in [-0.05, 0) is 18.8 Å². The lowest BCUT2D eigenvalue weighted by Crippen LogP contribution is -2.25. The van der Waals surface area contributed by atoms with Crippen LogP contribution in [0.1, 0.15) is 12.8 Å².